The molecule has 6 nitrogen and oxygen atoms in total. The molecule has 1 amide bonds. The molecule has 0 aliphatic carbocycles. The third kappa shape index (κ3) is 6.03. The Balaban J connectivity index is 1.36. The van der Waals surface area contributed by atoms with Crippen LogP contribution in [0.25, 0.3) is 11.4 Å². The average molecular weight is 465 g/mol. The molecule has 1 aromatic heterocycles. The minimum atomic E-state index is -0.0518. The van der Waals surface area contributed by atoms with Gasteiger partial charge in [-0.3, -0.25) is 9.69 Å². The van der Waals surface area contributed by atoms with Gasteiger partial charge >= 0.3 is 0 Å². The zero-order chi connectivity index (χ0) is 23.4. The van der Waals surface area contributed by atoms with E-state index in [-0.39, 0.29) is 17.2 Å². The Kier molecular flexibility index (Phi) is 7.20. The molecular weight excluding hydrogens is 432 g/mol. The van der Waals surface area contributed by atoms with Gasteiger partial charge in [-0.05, 0) is 54.8 Å². The summed E-state index contributed by atoms with van der Waals surface area (Å²) in [5.74, 6) is 1.20. The van der Waals surface area contributed by atoms with Crippen LogP contribution in [-0.2, 0) is 16.8 Å². The highest BCUT2D eigenvalue weighted by Crippen LogP contribution is 2.26. The van der Waals surface area contributed by atoms with E-state index >= 15 is 0 Å². The van der Waals surface area contributed by atoms with Gasteiger partial charge in [0.25, 0.3) is 0 Å². The highest BCUT2D eigenvalue weighted by Gasteiger charge is 2.27. The number of aromatic nitrogens is 2. The number of anilines is 1. The molecule has 2 aromatic carbocycles. The van der Waals surface area contributed by atoms with Gasteiger partial charge in [0.2, 0.25) is 17.6 Å². The van der Waals surface area contributed by atoms with E-state index in [1.807, 2.05) is 42.7 Å². The van der Waals surface area contributed by atoms with Crippen LogP contribution in [-0.4, -0.2) is 40.3 Å². The van der Waals surface area contributed by atoms with Crippen LogP contribution in [0.2, 0.25) is 0 Å². The van der Waals surface area contributed by atoms with Crippen molar-refractivity contribution in [3.63, 3.8) is 0 Å². The molecule has 1 fully saturated rings. The summed E-state index contributed by atoms with van der Waals surface area (Å²) in [5, 5.41) is 7.26. The first-order chi connectivity index (χ1) is 15.8. The van der Waals surface area contributed by atoms with Crippen molar-refractivity contribution >= 4 is 23.4 Å². The summed E-state index contributed by atoms with van der Waals surface area (Å²) in [5.41, 5.74) is 3.17. The van der Waals surface area contributed by atoms with Crippen molar-refractivity contribution in [2.45, 2.75) is 50.5 Å². The molecule has 1 N–H and O–H groups in total. The van der Waals surface area contributed by atoms with Crippen molar-refractivity contribution in [3.05, 3.63) is 60.0 Å². The summed E-state index contributed by atoms with van der Waals surface area (Å²) in [6, 6.07) is 16.3. The zero-order valence-corrected chi connectivity index (χ0v) is 20.6. The number of carbonyl (C=O) groups is 1. The van der Waals surface area contributed by atoms with Gasteiger partial charge in [0, 0.05) is 22.7 Å². The molecule has 1 saturated heterocycles. The van der Waals surface area contributed by atoms with Gasteiger partial charge in [0.15, 0.2) is 0 Å². The lowest BCUT2D eigenvalue weighted by Gasteiger charge is -2.30. The van der Waals surface area contributed by atoms with Gasteiger partial charge in [-0.25, -0.2) is 0 Å². The Morgan fingerprint density at radius 2 is 2.00 bits per heavy atom. The van der Waals surface area contributed by atoms with Crippen LogP contribution in [0.5, 0.6) is 0 Å². The summed E-state index contributed by atoms with van der Waals surface area (Å²) in [6.45, 7) is 8.75. The zero-order valence-electron chi connectivity index (χ0n) is 19.8. The second-order valence-electron chi connectivity index (χ2n) is 9.63. The summed E-state index contributed by atoms with van der Waals surface area (Å²) < 4.78 is 5.53. The maximum absolute atomic E-state index is 12.9. The minimum Gasteiger partial charge on any atom is -0.338 e. The van der Waals surface area contributed by atoms with Gasteiger partial charge in [0.05, 0.1) is 12.5 Å². The number of benzene rings is 2. The van der Waals surface area contributed by atoms with Crippen molar-refractivity contribution in [2.24, 2.45) is 5.92 Å². The Morgan fingerprint density at radius 3 is 2.73 bits per heavy atom. The molecule has 1 unspecified atom stereocenters. The molecule has 1 aliphatic heterocycles. The summed E-state index contributed by atoms with van der Waals surface area (Å²) in [7, 11) is 0. The molecular formula is C26H32N4O2S. The van der Waals surface area contributed by atoms with Gasteiger partial charge in [-0.15, -0.1) is 11.8 Å². The van der Waals surface area contributed by atoms with E-state index in [0.717, 1.165) is 35.5 Å². The fourth-order valence-electron chi connectivity index (χ4n) is 4.11. The molecule has 33 heavy (non-hydrogen) atoms. The number of hydrogen-bond donors (Lipinski definition) is 1. The fraction of sp³-hybridized carbons (Fsp3) is 0.423. The lowest BCUT2D eigenvalue weighted by Crippen LogP contribution is -2.40. The molecule has 3 aromatic rings. The number of rotatable bonds is 6. The standard InChI is InChI=1S/C26H32N4O2S/c1-26(2,3)20-12-10-18(11-13-20)24-28-23(32-29-24)17-30-14-6-7-19(16-30)25(31)27-21-8-5-9-22(15-21)33-4/h5,8-13,15,19H,6-7,14,16-17H2,1-4H3,(H,27,31). The Morgan fingerprint density at radius 1 is 1.21 bits per heavy atom. The van der Waals surface area contributed by atoms with Gasteiger partial charge in [0.1, 0.15) is 0 Å². The van der Waals surface area contributed by atoms with Crippen LogP contribution < -0.4 is 5.32 Å². The predicted octanol–water partition coefficient (Wildman–Crippen LogP) is 5.61. The van der Waals surface area contributed by atoms with Crippen LogP contribution >= 0.6 is 11.8 Å². The Hall–Kier alpha value is -2.64. The van der Waals surface area contributed by atoms with E-state index in [0.29, 0.717) is 24.8 Å². The highest BCUT2D eigenvalue weighted by atomic mass is 32.2. The van der Waals surface area contributed by atoms with Crippen molar-refractivity contribution in [1.29, 1.82) is 0 Å². The number of carbonyl (C=O) groups excluding carboxylic acids is 1. The van der Waals surface area contributed by atoms with Crippen LogP contribution in [0.4, 0.5) is 5.69 Å². The van der Waals surface area contributed by atoms with E-state index in [1.54, 1.807) is 11.8 Å². The summed E-state index contributed by atoms with van der Waals surface area (Å²) in [4.78, 5) is 20.8. The first kappa shape index (κ1) is 23.5. The number of nitrogens with one attached hydrogen (secondary N) is 1. The monoisotopic (exact) mass is 464 g/mol. The minimum absolute atomic E-state index is 0.0518. The molecule has 1 aliphatic rings. The van der Waals surface area contributed by atoms with Crippen LogP contribution in [0.1, 0.15) is 45.1 Å². The normalized spacial score (nSPS) is 17.2. The SMILES string of the molecule is CSc1cccc(NC(=O)C2CCCN(Cc3nc(-c4ccc(C(C)(C)C)cc4)no3)C2)c1. The van der Waals surface area contributed by atoms with E-state index in [4.69, 9.17) is 4.52 Å². The van der Waals surface area contributed by atoms with E-state index in [2.05, 4.69) is 53.3 Å². The topological polar surface area (TPSA) is 71.3 Å². The lowest BCUT2D eigenvalue weighted by atomic mass is 9.87. The average Bonchev–Trinajstić information content (AvgIpc) is 3.27. The summed E-state index contributed by atoms with van der Waals surface area (Å²) in [6.07, 6.45) is 3.89. The molecule has 1 atom stereocenters. The second kappa shape index (κ2) is 10.1. The van der Waals surface area contributed by atoms with Crippen molar-refractivity contribution in [3.8, 4) is 11.4 Å². The summed E-state index contributed by atoms with van der Waals surface area (Å²) >= 11 is 1.67. The predicted molar refractivity (Wildman–Crippen MR) is 133 cm³/mol. The Labute approximate surface area is 200 Å². The molecule has 7 heteroatoms. The number of amides is 1. The van der Waals surface area contributed by atoms with Crippen LogP contribution in [0.15, 0.2) is 57.9 Å². The van der Waals surface area contributed by atoms with Gasteiger partial charge in [-0.2, -0.15) is 4.98 Å². The molecule has 0 spiro atoms. The van der Waals surface area contributed by atoms with Crippen molar-refractivity contribution < 1.29 is 9.32 Å². The number of likely N-dealkylation sites (tertiary alicyclic amines) is 1. The highest BCUT2D eigenvalue weighted by molar-refractivity contribution is 7.98. The lowest BCUT2D eigenvalue weighted by molar-refractivity contribution is -0.121. The Bertz CT molecular complexity index is 1090. The van der Waals surface area contributed by atoms with Gasteiger partial charge < -0.3 is 9.84 Å². The first-order valence-electron chi connectivity index (χ1n) is 11.4. The van der Waals surface area contributed by atoms with Crippen LogP contribution in [0, 0.1) is 5.92 Å². The van der Waals surface area contributed by atoms with Gasteiger partial charge in [-0.1, -0.05) is 56.3 Å². The van der Waals surface area contributed by atoms with E-state index < -0.39 is 0 Å². The largest absolute Gasteiger partial charge is 0.338 e. The molecule has 0 saturated carbocycles. The molecule has 2 heterocycles. The number of thioether (sulfide) groups is 1. The maximum Gasteiger partial charge on any atom is 0.241 e. The van der Waals surface area contributed by atoms with E-state index in [9.17, 15) is 4.79 Å². The van der Waals surface area contributed by atoms with Crippen molar-refractivity contribution in [2.75, 3.05) is 24.7 Å². The first-order valence-corrected chi connectivity index (χ1v) is 12.6. The molecule has 0 bridgehead atoms. The number of piperidine rings is 1. The van der Waals surface area contributed by atoms with E-state index in [1.165, 1.54) is 5.56 Å². The van der Waals surface area contributed by atoms with Crippen LogP contribution in [0.3, 0.4) is 0 Å². The maximum atomic E-state index is 12.9. The van der Waals surface area contributed by atoms with Crippen molar-refractivity contribution in [1.82, 2.24) is 15.0 Å². The fourth-order valence-corrected chi connectivity index (χ4v) is 4.56. The quantitative estimate of drug-likeness (QED) is 0.478. The number of nitrogens with zero attached hydrogens (tertiary/aromatic N) is 3. The second-order valence-corrected chi connectivity index (χ2v) is 10.5. The smallest absolute Gasteiger partial charge is 0.241 e. The molecule has 0 radical (unpaired) electrons. The third-order valence-electron chi connectivity index (χ3n) is 6.05. The third-order valence-corrected chi connectivity index (χ3v) is 6.77. The number of hydrogen-bond acceptors (Lipinski definition) is 6. The molecule has 4 rings (SSSR count). The molecule has 174 valence electrons.